The van der Waals surface area contributed by atoms with Crippen LogP contribution in [0.1, 0.15) is 11.1 Å². The second kappa shape index (κ2) is 8.32. The highest BCUT2D eigenvalue weighted by Crippen LogP contribution is 2.27. The maximum atomic E-state index is 5.36. The molecule has 0 amide bonds. The first-order chi connectivity index (χ1) is 14.6. The number of hydrogen-bond donors (Lipinski definition) is 1. The minimum absolute atomic E-state index is 0.548. The number of benzene rings is 2. The number of aromatic nitrogens is 3. The molecule has 0 aliphatic carbocycles. The van der Waals surface area contributed by atoms with Crippen molar-refractivity contribution < 1.29 is 14.2 Å². The van der Waals surface area contributed by atoms with Gasteiger partial charge in [-0.3, -0.25) is 0 Å². The molecule has 2 aromatic heterocycles. The Kier molecular flexibility index (Phi) is 5.43. The average molecular weight is 404 g/mol. The molecule has 0 unspecified atom stereocenters. The standard InChI is InChI=1S/C23H24N4O3/c1-15-5-6-17(21-14-27-22(25-21)7-8-23(26-27)30-4)11-20(15)24-13-16-9-18(28-2)12-19(10-16)29-3/h5-12,14,24H,13H2,1-4H3. The Bertz CT molecular complexity index is 1160. The summed E-state index contributed by atoms with van der Waals surface area (Å²) in [6.07, 6.45) is 1.90. The molecular weight excluding hydrogens is 380 g/mol. The van der Waals surface area contributed by atoms with E-state index in [1.165, 1.54) is 0 Å². The van der Waals surface area contributed by atoms with Crippen molar-refractivity contribution in [3.05, 3.63) is 65.9 Å². The van der Waals surface area contributed by atoms with Crippen LogP contribution in [0.3, 0.4) is 0 Å². The molecule has 0 atom stereocenters. The fraction of sp³-hybridized carbons (Fsp3) is 0.217. The molecule has 4 aromatic rings. The van der Waals surface area contributed by atoms with E-state index >= 15 is 0 Å². The quantitative estimate of drug-likeness (QED) is 0.494. The molecule has 0 saturated heterocycles. The second-order valence-corrected chi connectivity index (χ2v) is 6.91. The van der Waals surface area contributed by atoms with E-state index in [1.807, 2.05) is 30.5 Å². The molecule has 7 nitrogen and oxygen atoms in total. The van der Waals surface area contributed by atoms with Gasteiger partial charge in [0.2, 0.25) is 5.88 Å². The number of nitrogens with one attached hydrogen (secondary N) is 1. The molecule has 7 heteroatoms. The summed E-state index contributed by atoms with van der Waals surface area (Å²) in [6.45, 7) is 2.72. The Labute approximate surface area is 175 Å². The third-order valence-electron chi connectivity index (χ3n) is 4.93. The summed E-state index contributed by atoms with van der Waals surface area (Å²) < 4.78 is 17.6. The molecule has 0 saturated carbocycles. The lowest BCUT2D eigenvalue weighted by molar-refractivity contribution is 0.390. The van der Waals surface area contributed by atoms with Crippen molar-refractivity contribution in [2.75, 3.05) is 26.6 Å². The Morgan fingerprint density at radius 3 is 2.37 bits per heavy atom. The lowest BCUT2D eigenvalue weighted by atomic mass is 10.1. The van der Waals surface area contributed by atoms with Gasteiger partial charge in [-0.05, 0) is 42.3 Å². The molecule has 0 radical (unpaired) electrons. The van der Waals surface area contributed by atoms with Gasteiger partial charge in [0, 0.05) is 29.9 Å². The van der Waals surface area contributed by atoms with Crippen LogP contribution in [0.15, 0.2) is 54.7 Å². The highest BCUT2D eigenvalue weighted by Gasteiger charge is 2.09. The van der Waals surface area contributed by atoms with Crippen LogP contribution in [0.4, 0.5) is 5.69 Å². The molecule has 2 heterocycles. The topological polar surface area (TPSA) is 69.9 Å². The number of ether oxygens (including phenoxy) is 3. The fourth-order valence-electron chi connectivity index (χ4n) is 3.25. The summed E-state index contributed by atoms with van der Waals surface area (Å²) in [6, 6.07) is 15.8. The maximum Gasteiger partial charge on any atom is 0.231 e. The van der Waals surface area contributed by atoms with Gasteiger partial charge in [0.15, 0.2) is 5.65 Å². The molecule has 0 spiro atoms. The van der Waals surface area contributed by atoms with E-state index in [2.05, 4.69) is 40.5 Å². The number of hydrogen-bond acceptors (Lipinski definition) is 6. The zero-order chi connectivity index (χ0) is 21.1. The highest BCUT2D eigenvalue weighted by molar-refractivity contribution is 5.69. The number of imidazole rings is 1. The number of methoxy groups -OCH3 is 3. The minimum atomic E-state index is 0.548. The number of anilines is 1. The van der Waals surface area contributed by atoms with Crippen LogP contribution < -0.4 is 19.5 Å². The largest absolute Gasteiger partial charge is 0.497 e. The van der Waals surface area contributed by atoms with Crippen molar-refractivity contribution in [3.8, 4) is 28.6 Å². The minimum Gasteiger partial charge on any atom is -0.497 e. The predicted molar refractivity (Wildman–Crippen MR) is 117 cm³/mol. The molecule has 30 heavy (non-hydrogen) atoms. The summed E-state index contributed by atoms with van der Waals surface area (Å²) in [4.78, 5) is 4.68. The van der Waals surface area contributed by atoms with Crippen LogP contribution in [0, 0.1) is 6.92 Å². The normalized spacial score (nSPS) is 10.8. The van der Waals surface area contributed by atoms with Gasteiger partial charge >= 0.3 is 0 Å². The summed E-state index contributed by atoms with van der Waals surface area (Å²) >= 11 is 0. The van der Waals surface area contributed by atoms with Crippen LogP contribution in [0.25, 0.3) is 16.9 Å². The first-order valence-electron chi connectivity index (χ1n) is 9.57. The first kappa shape index (κ1) is 19.6. The van der Waals surface area contributed by atoms with Gasteiger partial charge in [0.1, 0.15) is 11.5 Å². The van der Waals surface area contributed by atoms with E-state index in [0.717, 1.165) is 45.2 Å². The first-order valence-corrected chi connectivity index (χ1v) is 9.57. The summed E-state index contributed by atoms with van der Waals surface area (Å²) in [5.41, 5.74) is 5.89. The predicted octanol–water partition coefficient (Wildman–Crippen LogP) is 4.34. The van der Waals surface area contributed by atoms with Crippen LogP contribution in [-0.2, 0) is 6.54 Å². The third kappa shape index (κ3) is 4.00. The van der Waals surface area contributed by atoms with Crippen molar-refractivity contribution in [2.45, 2.75) is 13.5 Å². The van der Waals surface area contributed by atoms with Crippen molar-refractivity contribution in [1.29, 1.82) is 0 Å². The zero-order valence-corrected chi connectivity index (χ0v) is 17.5. The molecule has 4 rings (SSSR count). The molecule has 0 aliphatic rings. The molecular formula is C23H24N4O3. The average Bonchev–Trinajstić information content (AvgIpc) is 3.21. The molecule has 0 aliphatic heterocycles. The van der Waals surface area contributed by atoms with Crippen molar-refractivity contribution in [2.24, 2.45) is 0 Å². The van der Waals surface area contributed by atoms with Crippen LogP contribution in [0.5, 0.6) is 17.4 Å². The molecule has 2 aromatic carbocycles. The molecule has 0 fully saturated rings. The zero-order valence-electron chi connectivity index (χ0n) is 17.5. The van der Waals surface area contributed by atoms with E-state index < -0.39 is 0 Å². The van der Waals surface area contributed by atoms with Gasteiger partial charge in [-0.1, -0.05) is 12.1 Å². The van der Waals surface area contributed by atoms with Crippen molar-refractivity contribution in [3.63, 3.8) is 0 Å². The highest BCUT2D eigenvalue weighted by atomic mass is 16.5. The summed E-state index contributed by atoms with van der Waals surface area (Å²) in [7, 11) is 4.90. The van der Waals surface area contributed by atoms with Crippen molar-refractivity contribution >= 4 is 11.3 Å². The SMILES string of the molecule is COc1cc(CNc2cc(-c3cn4nc(OC)ccc4n3)ccc2C)cc(OC)c1. The van der Waals surface area contributed by atoms with Gasteiger partial charge in [0.05, 0.1) is 33.2 Å². The van der Waals surface area contributed by atoms with E-state index in [9.17, 15) is 0 Å². The van der Waals surface area contributed by atoms with E-state index in [1.54, 1.807) is 31.9 Å². The van der Waals surface area contributed by atoms with E-state index in [-0.39, 0.29) is 0 Å². The van der Waals surface area contributed by atoms with Gasteiger partial charge in [-0.2, -0.15) is 0 Å². The Balaban J connectivity index is 1.59. The smallest absolute Gasteiger partial charge is 0.231 e. The third-order valence-corrected chi connectivity index (χ3v) is 4.93. The fourth-order valence-corrected chi connectivity index (χ4v) is 3.25. The lowest BCUT2D eigenvalue weighted by Gasteiger charge is -2.13. The number of fused-ring (bicyclic) bond motifs is 1. The molecule has 154 valence electrons. The number of aryl methyl sites for hydroxylation is 1. The maximum absolute atomic E-state index is 5.36. The second-order valence-electron chi connectivity index (χ2n) is 6.91. The van der Waals surface area contributed by atoms with Crippen LogP contribution in [0.2, 0.25) is 0 Å². The van der Waals surface area contributed by atoms with Crippen LogP contribution >= 0.6 is 0 Å². The van der Waals surface area contributed by atoms with Gasteiger partial charge in [0.25, 0.3) is 0 Å². The Morgan fingerprint density at radius 1 is 0.900 bits per heavy atom. The molecule has 0 bridgehead atoms. The van der Waals surface area contributed by atoms with Gasteiger partial charge in [-0.15, -0.1) is 5.10 Å². The number of rotatable bonds is 7. The molecule has 1 N–H and O–H groups in total. The summed E-state index contributed by atoms with van der Waals surface area (Å²) in [5, 5.41) is 7.89. The van der Waals surface area contributed by atoms with Crippen LogP contribution in [-0.4, -0.2) is 35.9 Å². The Hall–Kier alpha value is -3.74. The lowest BCUT2D eigenvalue weighted by Crippen LogP contribution is -2.02. The Morgan fingerprint density at radius 2 is 1.67 bits per heavy atom. The van der Waals surface area contributed by atoms with Gasteiger partial charge < -0.3 is 19.5 Å². The monoisotopic (exact) mass is 404 g/mol. The number of nitrogens with zero attached hydrogens (tertiary/aromatic N) is 3. The van der Waals surface area contributed by atoms with Gasteiger partial charge in [-0.25, -0.2) is 9.50 Å². The van der Waals surface area contributed by atoms with Crippen molar-refractivity contribution in [1.82, 2.24) is 14.6 Å². The summed E-state index contributed by atoms with van der Waals surface area (Å²) in [5.74, 6) is 2.08. The van der Waals surface area contributed by atoms with E-state index in [4.69, 9.17) is 14.2 Å². The van der Waals surface area contributed by atoms with E-state index in [0.29, 0.717) is 12.4 Å².